The van der Waals surface area contributed by atoms with E-state index in [0.717, 1.165) is 0 Å². The summed E-state index contributed by atoms with van der Waals surface area (Å²) < 4.78 is 6.42. The fourth-order valence-corrected chi connectivity index (χ4v) is 2.78. The Kier molecular flexibility index (Phi) is 3.61. The molecular formula is C13H17N3O2S. The highest BCUT2D eigenvalue weighted by Crippen LogP contribution is 2.30. The second kappa shape index (κ2) is 5.05. The number of hydrogen-bond donors (Lipinski definition) is 1. The van der Waals surface area contributed by atoms with Crippen molar-refractivity contribution in [3.8, 4) is 0 Å². The van der Waals surface area contributed by atoms with E-state index in [1.807, 2.05) is 11.4 Å². The minimum atomic E-state index is -0.509. The molecule has 0 aliphatic carbocycles. The first-order valence-corrected chi connectivity index (χ1v) is 6.76. The largest absolute Gasteiger partial charge is 0.464 e. The average Bonchev–Trinajstić information content (AvgIpc) is 3.00. The van der Waals surface area contributed by atoms with E-state index < -0.39 is 5.97 Å². The van der Waals surface area contributed by atoms with Crippen LogP contribution in [-0.4, -0.2) is 22.6 Å². The molecule has 0 unspecified atom stereocenters. The van der Waals surface area contributed by atoms with Crippen LogP contribution in [0, 0.1) is 0 Å². The Morgan fingerprint density at radius 3 is 2.89 bits per heavy atom. The summed E-state index contributed by atoms with van der Waals surface area (Å²) >= 11 is 1.71. The third kappa shape index (κ3) is 2.63. The molecule has 19 heavy (non-hydrogen) atoms. The third-order valence-corrected chi connectivity index (χ3v) is 4.25. The van der Waals surface area contributed by atoms with E-state index in [4.69, 9.17) is 5.73 Å². The molecule has 2 aromatic rings. The van der Waals surface area contributed by atoms with Gasteiger partial charge in [-0.05, 0) is 11.4 Å². The minimum Gasteiger partial charge on any atom is -0.464 e. The summed E-state index contributed by atoms with van der Waals surface area (Å²) in [5.74, 6) is -0.165. The van der Waals surface area contributed by atoms with Crippen LogP contribution in [-0.2, 0) is 16.7 Å². The maximum Gasteiger partial charge on any atom is 0.360 e. The number of nitrogens with zero attached hydrogens (tertiary/aromatic N) is 2. The lowest BCUT2D eigenvalue weighted by molar-refractivity contribution is 0.0596. The number of hydrogen-bond acceptors (Lipinski definition) is 5. The number of anilines is 1. The summed E-state index contributed by atoms with van der Waals surface area (Å²) in [6.07, 6.45) is 1.58. The Labute approximate surface area is 116 Å². The van der Waals surface area contributed by atoms with Crippen LogP contribution in [0.2, 0.25) is 0 Å². The molecule has 2 aromatic heterocycles. The standard InChI is InChI=1S/C13H17N3O2S/c1-13(2,9-5-4-6-19-9)7-16-8-15-10(11(16)14)12(17)18-3/h4-6,8H,7,14H2,1-3H3. The van der Waals surface area contributed by atoms with Gasteiger partial charge in [-0.25, -0.2) is 9.78 Å². The van der Waals surface area contributed by atoms with Crippen LogP contribution >= 0.6 is 11.3 Å². The van der Waals surface area contributed by atoms with Crippen molar-refractivity contribution in [3.05, 3.63) is 34.4 Å². The molecule has 0 saturated carbocycles. The topological polar surface area (TPSA) is 70.1 Å². The first-order valence-electron chi connectivity index (χ1n) is 5.88. The van der Waals surface area contributed by atoms with Gasteiger partial charge in [0.15, 0.2) is 5.69 Å². The highest BCUT2D eigenvalue weighted by molar-refractivity contribution is 7.10. The summed E-state index contributed by atoms with van der Waals surface area (Å²) in [6.45, 7) is 4.93. The average molecular weight is 279 g/mol. The van der Waals surface area contributed by atoms with Gasteiger partial charge in [-0.2, -0.15) is 0 Å². The fraction of sp³-hybridized carbons (Fsp3) is 0.385. The smallest absolute Gasteiger partial charge is 0.360 e. The quantitative estimate of drug-likeness (QED) is 0.872. The number of imidazole rings is 1. The predicted molar refractivity (Wildman–Crippen MR) is 75.3 cm³/mol. The molecule has 0 fully saturated rings. The molecule has 5 nitrogen and oxygen atoms in total. The molecule has 2 N–H and O–H groups in total. The summed E-state index contributed by atoms with van der Waals surface area (Å²) in [5.41, 5.74) is 6.04. The molecule has 0 amide bonds. The zero-order valence-corrected chi connectivity index (χ0v) is 12.0. The van der Waals surface area contributed by atoms with Crippen molar-refractivity contribution < 1.29 is 9.53 Å². The number of thiophene rings is 1. The van der Waals surface area contributed by atoms with Crippen LogP contribution in [0.4, 0.5) is 5.82 Å². The molecule has 2 heterocycles. The molecule has 0 saturated heterocycles. The zero-order chi connectivity index (χ0) is 14.0. The fourth-order valence-electron chi connectivity index (χ4n) is 1.94. The van der Waals surface area contributed by atoms with Crippen LogP contribution in [0.1, 0.15) is 29.2 Å². The van der Waals surface area contributed by atoms with E-state index in [9.17, 15) is 4.79 Å². The Bertz CT molecular complexity index is 573. The second-order valence-corrected chi connectivity index (χ2v) is 5.91. The molecule has 0 atom stereocenters. The number of methoxy groups -OCH3 is 1. The van der Waals surface area contributed by atoms with Gasteiger partial charge >= 0.3 is 5.97 Å². The second-order valence-electron chi connectivity index (χ2n) is 4.96. The maximum atomic E-state index is 11.5. The number of nitrogen functional groups attached to an aromatic ring is 1. The number of rotatable bonds is 4. The van der Waals surface area contributed by atoms with Gasteiger partial charge in [-0.3, -0.25) is 0 Å². The molecule has 0 radical (unpaired) electrons. The number of ether oxygens (including phenoxy) is 1. The normalized spacial score (nSPS) is 11.5. The number of carbonyl (C=O) groups is 1. The highest BCUT2D eigenvalue weighted by atomic mass is 32.1. The maximum absolute atomic E-state index is 11.5. The monoisotopic (exact) mass is 279 g/mol. The van der Waals surface area contributed by atoms with E-state index in [1.54, 1.807) is 22.2 Å². The van der Waals surface area contributed by atoms with Gasteiger partial charge in [0.25, 0.3) is 0 Å². The SMILES string of the molecule is COC(=O)c1ncn(CC(C)(C)c2cccs2)c1N. The van der Waals surface area contributed by atoms with Crippen LogP contribution in [0.15, 0.2) is 23.8 Å². The summed E-state index contributed by atoms with van der Waals surface area (Å²) in [5, 5.41) is 2.05. The van der Waals surface area contributed by atoms with Gasteiger partial charge in [0.2, 0.25) is 0 Å². The van der Waals surface area contributed by atoms with Crippen molar-refractivity contribution in [2.45, 2.75) is 25.8 Å². The summed E-state index contributed by atoms with van der Waals surface area (Å²) in [6, 6.07) is 4.12. The van der Waals surface area contributed by atoms with Gasteiger partial charge in [-0.1, -0.05) is 19.9 Å². The molecule has 102 valence electrons. The lowest BCUT2D eigenvalue weighted by atomic mass is 9.91. The van der Waals surface area contributed by atoms with Gasteiger partial charge in [0.05, 0.1) is 13.4 Å². The first kappa shape index (κ1) is 13.6. The first-order chi connectivity index (χ1) is 8.95. The number of esters is 1. The lowest BCUT2D eigenvalue weighted by Gasteiger charge is -2.24. The van der Waals surface area contributed by atoms with Gasteiger partial charge in [-0.15, -0.1) is 11.3 Å². The third-order valence-electron chi connectivity index (χ3n) is 3.01. The Hall–Kier alpha value is -1.82. The van der Waals surface area contributed by atoms with Crippen molar-refractivity contribution in [2.75, 3.05) is 12.8 Å². The van der Waals surface area contributed by atoms with Crippen LogP contribution in [0.25, 0.3) is 0 Å². The van der Waals surface area contributed by atoms with Crippen LogP contribution < -0.4 is 5.73 Å². The van der Waals surface area contributed by atoms with Crippen LogP contribution in [0.3, 0.4) is 0 Å². The highest BCUT2D eigenvalue weighted by Gasteiger charge is 2.25. The predicted octanol–water partition coefficient (Wildman–Crippen LogP) is 2.29. The van der Waals surface area contributed by atoms with Crippen molar-refractivity contribution >= 4 is 23.1 Å². The van der Waals surface area contributed by atoms with Crippen molar-refractivity contribution in [2.24, 2.45) is 0 Å². The number of carbonyl (C=O) groups excluding carboxylic acids is 1. The van der Waals surface area contributed by atoms with Crippen molar-refractivity contribution in [3.63, 3.8) is 0 Å². The Balaban J connectivity index is 2.25. The van der Waals surface area contributed by atoms with Gasteiger partial charge in [0, 0.05) is 16.8 Å². The van der Waals surface area contributed by atoms with Crippen molar-refractivity contribution in [1.29, 1.82) is 0 Å². The Morgan fingerprint density at radius 1 is 1.58 bits per heavy atom. The zero-order valence-electron chi connectivity index (χ0n) is 11.2. The van der Waals surface area contributed by atoms with Crippen LogP contribution in [0.5, 0.6) is 0 Å². The number of aromatic nitrogens is 2. The van der Waals surface area contributed by atoms with E-state index in [2.05, 4.69) is 29.6 Å². The van der Waals surface area contributed by atoms with Gasteiger partial charge < -0.3 is 15.0 Å². The molecule has 0 spiro atoms. The molecule has 2 rings (SSSR count). The molecule has 6 heteroatoms. The van der Waals surface area contributed by atoms with Gasteiger partial charge in [0.1, 0.15) is 5.82 Å². The van der Waals surface area contributed by atoms with E-state index in [-0.39, 0.29) is 11.1 Å². The molecule has 0 aliphatic rings. The summed E-state index contributed by atoms with van der Waals surface area (Å²) in [7, 11) is 1.32. The van der Waals surface area contributed by atoms with E-state index >= 15 is 0 Å². The minimum absolute atomic E-state index is 0.0730. The molecule has 0 bridgehead atoms. The Morgan fingerprint density at radius 2 is 2.32 bits per heavy atom. The summed E-state index contributed by atoms with van der Waals surface area (Å²) in [4.78, 5) is 16.7. The molecular weight excluding hydrogens is 262 g/mol. The van der Waals surface area contributed by atoms with Crippen molar-refractivity contribution in [1.82, 2.24) is 9.55 Å². The molecule has 0 aromatic carbocycles. The van der Waals surface area contributed by atoms with E-state index in [1.165, 1.54) is 12.0 Å². The van der Waals surface area contributed by atoms with E-state index in [0.29, 0.717) is 12.4 Å². The molecule has 0 aliphatic heterocycles. The number of nitrogens with two attached hydrogens (primary N) is 1. The lowest BCUT2D eigenvalue weighted by Crippen LogP contribution is -2.24.